The SMILES string of the molecule is CC.CNC(=O)COCCc1ccc(COCC(CCC(N)=O)NC(=O)OC(C)(C)C)cc1. The van der Waals surface area contributed by atoms with Gasteiger partial charge in [0, 0.05) is 13.5 Å². The zero-order valence-electron chi connectivity index (χ0n) is 20.9. The van der Waals surface area contributed by atoms with E-state index in [1.807, 2.05) is 38.1 Å². The molecule has 0 bridgehead atoms. The van der Waals surface area contributed by atoms with Crippen molar-refractivity contribution in [3.63, 3.8) is 0 Å². The van der Waals surface area contributed by atoms with Gasteiger partial charge in [-0.15, -0.1) is 0 Å². The minimum atomic E-state index is -0.617. The molecule has 0 aliphatic rings. The highest BCUT2D eigenvalue weighted by molar-refractivity contribution is 5.76. The number of carbonyl (C=O) groups excluding carboxylic acids is 3. The van der Waals surface area contributed by atoms with Gasteiger partial charge in [-0.2, -0.15) is 0 Å². The summed E-state index contributed by atoms with van der Waals surface area (Å²) in [5.41, 5.74) is 6.67. The van der Waals surface area contributed by atoms with Gasteiger partial charge in [0.1, 0.15) is 12.2 Å². The molecule has 3 amide bonds. The maximum absolute atomic E-state index is 12.0. The van der Waals surface area contributed by atoms with Crippen molar-refractivity contribution < 1.29 is 28.6 Å². The lowest BCUT2D eigenvalue weighted by Gasteiger charge is -2.23. The van der Waals surface area contributed by atoms with Crippen LogP contribution in [0.5, 0.6) is 0 Å². The summed E-state index contributed by atoms with van der Waals surface area (Å²) in [6.07, 6.45) is 0.644. The Morgan fingerprint density at radius 1 is 1.03 bits per heavy atom. The number of ether oxygens (including phenoxy) is 3. The lowest BCUT2D eigenvalue weighted by atomic mass is 10.1. The van der Waals surface area contributed by atoms with Crippen LogP contribution in [-0.2, 0) is 36.8 Å². The van der Waals surface area contributed by atoms with Crippen LogP contribution >= 0.6 is 0 Å². The number of nitrogens with one attached hydrogen (secondary N) is 2. The number of hydrogen-bond acceptors (Lipinski definition) is 6. The lowest BCUT2D eigenvalue weighted by Crippen LogP contribution is -2.42. The van der Waals surface area contributed by atoms with Crippen molar-refractivity contribution in [3.8, 4) is 0 Å². The van der Waals surface area contributed by atoms with Crippen molar-refractivity contribution in [1.82, 2.24) is 10.6 Å². The van der Waals surface area contributed by atoms with E-state index in [0.717, 1.165) is 11.1 Å². The summed E-state index contributed by atoms with van der Waals surface area (Å²) < 4.78 is 16.3. The molecule has 1 unspecified atom stereocenters. The van der Waals surface area contributed by atoms with Gasteiger partial charge in [0.2, 0.25) is 11.8 Å². The maximum Gasteiger partial charge on any atom is 0.407 e. The third kappa shape index (κ3) is 16.6. The van der Waals surface area contributed by atoms with Crippen molar-refractivity contribution in [2.24, 2.45) is 5.73 Å². The zero-order chi connectivity index (χ0) is 25.3. The Morgan fingerprint density at radius 3 is 2.18 bits per heavy atom. The molecule has 1 atom stereocenters. The molecule has 188 valence electrons. The second-order valence-corrected chi connectivity index (χ2v) is 8.16. The Bertz CT molecular complexity index is 701. The highest BCUT2D eigenvalue weighted by Gasteiger charge is 2.20. The molecular formula is C24H41N3O6. The third-order valence-corrected chi connectivity index (χ3v) is 4.12. The minimum Gasteiger partial charge on any atom is -0.444 e. The van der Waals surface area contributed by atoms with Gasteiger partial charge in [0.25, 0.3) is 0 Å². The first-order valence-electron chi connectivity index (χ1n) is 11.3. The normalized spacial score (nSPS) is 11.6. The van der Waals surface area contributed by atoms with Gasteiger partial charge in [-0.25, -0.2) is 4.79 Å². The lowest BCUT2D eigenvalue weighted by molar-refractivity contribution is -0.125. The number of primary amides is 1. The summed E-state index contributed by atoms with van der Waals surface area (Å²) in [4.78, 5) is 34.2. The van der Waals surface area contributed by atoms with Crippen molar-refractivity contribution in [3.05, 3.63) is 35.4 Å². The number of benzene rings is 1. The van der Waals surface area contributed by atoms with Gasteiger partial charge in [-0.3, -0.25) is 9.59 Å². The molecule has 0 fully saturated rings. The van der Waals surface area contributed by atoms with Crippen LogP contribution in [0.3, 0.4) is 0 Å². The van der Waals surface area contributed by atoms with Crippen molar-refractivity contribution in [2.75, 3.05) is 26.9 Å². The number of alkyl carbamates (subject to hydrolysis) is 1. The fourth-order valence-electron chi connectivity index (χ4n) is 2.54. The van der Waals surface area contributed by atoms with E-state index in [1.165, 1.54) is 0 Å². The van der Waals surface area contributed by atoms with E-state index in [4.69, 9.17) is 19.9 Å². The van der Waals surface area contributed by atoms with Crippen molar-refractivity contribution in [1.29, 1.82) is 0 Å². The van der Waals surface area contributed by atoms with Crippen LogP contribution in [0.1, 0.15) is 58.6 Å². The molecule has 9 heteroatoms. The van der Waals surface area contributed by atoms with Crippen molar-refractivity contribution in [2.45, 2.75) is 72.1 Å². The molecule has 0 saturated heterocycles. The average Bonchev–Trinajstić information content (AvgIpc) is 2.75. The number of hydrogen-bond donors (Lipinski definition) is 3. The Hall–Kier alpha value is -2.65. The summed E-state index contributed by atoms with van der Waals surface area (Å²) in [5.74, 6) is -0.589. The molecule has 0 radical (unpaired) electrons. The quantitative estimate of drug-likeness (QED) is 0.383. The average molecular weight is 468 g/mol. The summed E-state index contributed by atoms with van der Waals surface area (Å²) in [6.45, 7) is 10.4. The van der Waals surface area contributed by atoms with Crippen LogP contribution in [0.2, 0.25) is 0 Å². The van der Waals surface area contributed by atoms with Crippen LogP contribution in [0.4, 0.5) is 4.79 Å². The first-order valence-corrected chi connectivity index (χ1v) is 11.3. The standard InChI is InChI=1S/C22H35N3O6.C2H6/c1-22(2,3)31-21(28)25-18(9-10-19(23)26)14-30-13-17-7-5-16(6-8-17)11-12-29-15-20(27)24-4;1-2/h5-8,18H,9-15H2,1-4H3,(H2,23,26)(H,24,27)(H,25,28);1-2H3. The molecule has 9 nitrogen and oxygen atoms in total. The molecule has 0 heterocycles. The van der Waals surface area contributed by atoms with E-state index in [2.05, 4.69) is 10.6 Å². The van der Waals surface area contributed by atoms with Crippen LogP contribution in [-0.4, -0.2) is 56.4 Å². The summed E-state index contributed by atoms with van der Waals surface area (Å²) in [7, 11) is 1.57. The van der Waals surface area contributed by atoms with E-state index in [9.17, 15) is 14.4 Å². The maximum atomic E-state index is 12.0. The molecule has 0 aliphatic heterocycles. The molecule has 33 heavy (non-hydrogen) atoms. The third-order valence-electron chi connectivity index (χ3n) is 4.12. The number of rotatable bonds is 13. The van der Waals surface area contributed by atoms with Crippen LogP contribution < -0.4 is 16.4 Å². The predicted molar refractivity (Wildman–Crippen MR) is 128 cm³/mol. The zero-order valence-corrected chi connectivity index (χ0v) is 20.9. The number of likely N-dealkylation sites (N-methyl/N-ethyl adjacent to an activating group) is 1. The van der Waals surface area contributed by atoms with Gasteiger partial charge >= 0.3 is 6.09 Å². The van der Waals surface area contributed by atoms with E-state index in [0.29, 0.717) is 26.1 Å². The largest absolute Gasteiger partial charge is 0.444 e. The fourth-order valence-corrected chi connectivity index (χ4v) is 2.54. The molecule has 0 spiro atoms. The summed E-state index contributed by atoms with van der Waals surface area (Å²) >= 11 is 0. The van der Waals surface area contributed by atoms with Crippen LogP contribution in [0, 0.1) is 0 Å². The van der Waals surface area contributed by atoms with E-state index >= 15 is 0 Å². The summed E-state index contributed by atoms with van der Waals surface area (Å²) in [5, 5.41) is 5.23. The minimum absolute atomic E-state index is 0.0523. The number of nitrogens with two attached hydrogens (primary N) is 1. The van der Waals surface area contributed by atoms with Gasteiger partial charge < -0.3 is 30.6 Å². The Kier molecular flexibility index (Phi) is 15.6. The molecule has 0 aliphatic carbocycles. The first-order chi connectivity index (χ1) is 15.6. The van der Waals surface area contributed by atoms with Crippen LogP contribution in [0.25, 0.3) is 0 Å². The molecule has 1 rings (SSSR count). The summed E-state index contributed by atoms with van der Waals surface area (Å²) in [6, 6.07) is 7.47. The van der Waals surface area contributed by atoms with E-state index < -0.39 is 17.6 Å². The van der Waals surface area contributed by atoms with Gasteiger partial charge in [0.15, 0.2) is 0 Å². The predicted octanol–water partition coefficient (Wildman–Crippen LogP) is 2.69. The smallest absolute Gasteiger partial charge is 0.407 e. The second kappa shape index (κ2) is 16.9. The molecular weight excluding hydrogens is 426 g/mol. The first kappa shape index (κ1) is 30.4. The molecule has 1 aromatic rings. The Labute approximate surface area is 197 Å². The Morgan fingerprint density at radius 2 is 1.64 bits per heavy atom. The van der Waals surface area contributed by atoms with E-state index in [-0.39, 0.29) is 31.6 Å². The molecule has 0 saturated carbocycles. The number of amides is 3. The van der Waals surface area contributed by atoms with Gasteiger partial charge in [-0.1, -0.05) is 38.1 Å². The monoisotopic (exact) mass is 467 g/mol. The Balaban J connectivity index is 0.00000497. The second-order valence-electron chi connectivity index (χ2n) is 8.16. The highest BCUT2D eigenvalue weighted by atomic mass is 16.6. The van der Waals surface area contributed by atoms with Gasteiger partial charge in [0.05, 0.1) is 25.9 Å². The topological polar surface area (TPSA) is 129 Å². The highest BCUT2D eigenvalue weighted by Crippen LogP contribution is 2.10. The molecule has 0 aromatic heterocycles. The molecule has 1 aromatic carbocycles. The fraction of sp³-hybridized carbons (Fsp3) is 0.625. The van der Waals surface area contributed by atoms with E-state index in [1.54, 1.807) is 27.8 Å². The van der Waals surface area contributed by atoms with Gasteiger partial charge in [-0.05, 0) is 44.7 Å². The molecule has 4 N–H and O–H groups in total. The van der Waals surface area contributed by atoms with Crippen molar-refractivity contribution >= 4 is 17.9 Å². The van der Waals surface area contributed by atoms with Crippen LogP contribution in [0.15, 0.2) is 24.3 Å². The number of carbonyl (C=O) groups is 3.